The molecule has 1 aromatic carbocycles. The Labute approximate surface area is 149 Å². The highest BCUT2D eigenvalue weighted by Gasteiger charge is 2.58. The van der Waals surface area contributed by atoms with E-state index in [9.17, 15) is 14.4 Å². The predicted octanol–water partition coefficient (Wildman–Crippen LogP) is 1.86. The molecule has 2 fully saturated rings. The van der Waals surface area contributed by atoms with Crippen LogP contribution in [0.3, 0.4) is 0 Å². The van der Waals surface area contributed by atoms with E-state index in [4.69, 9.17) is 0 Å². The smallest absolute Gasteiger partial charge is 0.240 e. The zero-order valence-corrected chi connectivity index (χ0v) is 15.1. The van der Waals surface area contributed by atoms with Gasteiger partial charge in [0.2, 0.25) is 17.7 Å². The summed E-state index contributed by atoms with van der Waals surface area (Å²) in [5.74, 6) is -0.319. The van der Waals surface area contributed by atoms with Gasteiger partial charge >= 0.3 is 0 Å². The number of nitrogens with one attached hydrogen (secondary N) is 1. The number of hydrogen-bond acceptors (Lipinski definition) is 3. The van der Waals surface area contributed by atoms with Crippen molar-refractivity contribution in [1.29, 1.82) is 0 Å². The lowest BCUT2D eigenvalue weighted by Crippen LogP contribution is -2.53. The summed E-state index contributed by atoms with van der Waals surface area (Å²) in [6.07, 6.45) is 1.17. The highest BCUT2D eigenvalue weighted by atomic mass is 79.9. The summed E-state index contributed by atoms with van der Waals surface area (Å²) in [5, 5.41) is 2.85. The molecule has 0 atom stereocenters. The molecular formula is C17H20BrN3O3. The molecule has 24 heavy (non-hydrogen) atoms. The number of halogens is 1. The minimum Gasteiger partial charge on any atom is -0.339 e. The van der Waals surface area contributed by atoms with Gasteiger partial charge in [-0.2, -0.15) is 0 Å². The van der Waals surface area contributed by atoms with E-state index >= 15 is 0 Å². The van der Waals surface area contributed by atoms with E-state index < -0.39 is 5.41 Å². The van der Waals surface area contributed by atoms with Crippen molar-refractivity contribution in [2.24, 2.45) is 5.41 Å². The number of piperazine rings is 1. The number of anilines is 1. The van der Waals surface area contributed by atoms with E-state index in [1.54, 1.807) is 21.9 Å². The minimum absolute atomic E-state index is 0.0243. The summed E-state index contributed by atoms with van der Waals surface area (Å²) < 4.78 is 0.932. The molecule has 1 aliphatic heterocycles. The first-order chi connectivity index (χ1) is 11.4. The maximum absolute atomic E-state index is 12.8. The lowest BCUT2D eigenvalue weighted by Gasteiger charge is -2.35. The molecule has 3 amide bonds. The average molecular weight is 394 g/mol. The van der Waals surface area contributed by atoms with Crippen molar-refractivity contribution in [3.8, 4) is 0 Å². The van der Waals surface area contributed by atoms with Gasteiger partial charge in [-0.15, -0.1) is 0 Å². The van der Waals surface area contributed by atoms with Crippen molar-refractivity contribution in [1.82, 2.24) is 9.80 Å². The van der Waals surface area contributed by atoms with Gasteiger partial charge in [-0.1, -0.05) is 15.9 Å². The van der Waals surface area contributed by atoms with Crippen molar-refractivity contribution in [3.05, 3.63) is 28.7 Å². The quantitative estimate of drug-likeness (QED) is 0.796. The predicted molar refractivity (Wildman–Crippen MR) is 93.3 cm³/mol. The van der Waals surface area contributed by atoms with E-state index in [2.05, 4.69) is 21.2 Å². The molecule has 1 aromatic rings. The normalized spacial score (nSPS) is 18.9. The van der Waals surface area contributed by atoms with Gasteiger partial charge in [-0.25, -0.2) is 0 Å². The zero-order valence-electron chi connectivity index (χ0n) is 13.5. The standard InChI is InChI=1S/C17H20BrN3O3/c1-12(22)20-8-10-21(11-9-20)16(24)17(6-7-17)15(23)19-14-4-2-13(18)3-5-14/h2-5H,6-11H2,1H3,(H,19,23). The lowest BCUT2D eigenvalue weighted by atomic mass is 10.0. The molecule has 1 saturated heterocycles. The largest absolute Gasteiger partial charge is 0.339 e. The highest BCUT2D eigenvalue weighted by Crippen LogP contribution is 2.48. The SMILES string of the molecule is CC(=O)N1CCN(C(=O)C2(C(=O)Nc3ccc(Br)cc3)CC2)CC1. The molecule has 6 nitrogen and oxygen atoms in total. The third kappa shape index (κ3) is 3.31. The van der Waals surface area contributed by atoms with Crippen LogP contribution in [0.4, 0.5) is 5.69 Å². The Morgan fingerprint density at radius 3 is 2.04 bits per heavy atom. The lowest BCUT2D eigenvalue weighted by molar-refractivity contribution is -0.146. The Morgan fingerprint density at radius 2 is 1.54 bits per heavy atom. The Kier molecular flexibility index (Phi) is 4.62. The summed E-state index contributed by atoms with van der Waals surface area (Å²) in [5.41, 5.74) is -0.241. The summed E-state index contributed by atoms with van der Waals surface area (Å²) in [6.45, 7) is 3.58. The topological polar surface area (TPSA) is 69.7 Å². The van der Waals surface area contributed by atoms with E-state index in [-0.39, 0.29) is 17.7 Å². The number of carbonyl (C=O) groups is 3. The minimum atomic E-state index is -0.925. The Morgan fingerprint density at radius 1 is 1.00 bits per heavy atom. The first-order valence-electron chi connectivity index (χ1n) is 8.04. The molecule has 1 saturated carbocycles. The van der Waals surface area contributed by atoms with Gasteiger partial charge < -0.3 is 15.1 Å². The summed E-state index contributed by atoms with van der Waals surface area (Å²) in [6, 6.07) is 7.29. The van der Waals surface area contributed by atoms with Crippen LogP contribution >= 0.6 is 15.9 Å². The van der Waals surface area contributed by atoms with Crippen LogP contribution in [0.1, 0.15) is 19.8 Å². The second-order valence-corrected chi connectivity index (χ2v) is 7.26. The second-order valence-electron chi connectivity index (χ2n) is 6.34. The molecule has 0 unspecified atom stereocenters. The van der Waals surface area contributed by atoms with Crippen molar-refractivity contribution < 1.29 is 14.4 Å². The van der Waals surface area contributed by atoms with Crippen LogP contribution in [0, 0.1) is 5.41 Å². The van der Waals surface area contributed by atoms with Crippen molar-refractivity contribution in [3.63, 3.8) is 0 Å². The third-order valence-electron chi connectivity index (χ3n) is 4.71. The fourth-order valence-corrected chi connectivity index (χ4v) is 3.24. The summed E-state index contributed by atoms with van der Waals surface area (Å²) in [7, 11) is 0. The molecule has 0 bridgehead atoms. The number of nitrogens with zero attached hydrogens (tertiary/aromatic N) is 2. The van der Waals surface area contributed by atoms with Crippen molar-refractivity contribution in [2.45, 2.75) is 19.8 Å². The van der Waals surface area contributed by atoms with E-state index in [1.165, 1.54) is 6.92 Å². The van der Waals surface area contributed by atoms with Crippen molar-refractivity contribution >= 4 is 39.3 Å². The first-order valence-corrected chi connectivity index (χ1v) is 8.83. The number of rotatable bonds is 3. The van der Waals surface area contributed by atoms with Gasteiger partial charge in [0.1, 0.15) is 5.41 Å². The number of amides is 3. The molecule has 0 radical (unpaired) electrons. The Bertz CT molecular complexity index is 662. The number of hydrogen-bond donors (Lipinski definition) is 1. The molecule has 7 heteroatoms. The van der Waals surface area contributed by atoms with Crippen LogP contribution in [0.2, 0.25) is 0 Å². The molecule has 1 aliphatic carbocycles. The number of carbonyl (C=O) groups excluding carboxylic acids is 3. The average Bonchev–Trinajstić information content (AvgIpc) is 3.38. The van der Waals surface area contributed by atoms with E-state index in [0.717, 1.165) is 4.47 Å². The Balaban J connectivity index is 1.63. The summed E-state index contributed by atoms with van der Waals surface area (Å²) in [4.78, 5) is 40.2. The number of benzene rings is 1. The fourth-order valence-electron chi connectivity index (χ4n) is 2.97. The maximum Gasteiger partial charge on any atom is 0.240 e. The Hall–Kier alpha value is -1.89. The van der Waals surface area contributed by atoms with Crippen LogP contribution in [0.5, 0.6) is 0 Å². The fraction of sp³-hybridized carbons (Fsp3) is 0.471. The van der Waals surface area contributed by atoms with Crippen LogP contribution in [-0.4, -0.2) is 53.7 Å². The molecule has 1 N–H and O–H groups in total. The van der Waals surface area contributed by atoms with Gasteiger partial charge in [0.05, 0.1) is 0 Å². The molecule has 128 valence electrons. The van der Waals surface area contributed by atoms with Gasteiger partial charge in [0, 0.05) is 43.3 Å². The maximum atomic E-state index is 12.8. The van der Waals surface area contributed by atoms with Gasteiger partial charge in [0.25, 0.3) is 0 Å². The monoisotopic (exact) mass is 393 g/mol. The molecule has 2 aliphatic rings. The van der Waals surface area contributed by atoms with Crippen LogP contribution in [-0.2, 0) is 14.4 Å². The molecule has 3 rings (SSSR count). The molecular weight excluding hydrogens is 374 g/mol. The van der Waals surface area contributed by atoms with E-state index in [1.807, 2.05) is 12.1 Å². The van der Waals surface area contributed by atoms with Gasteiger partial charge in [-0.3, -0.25) is 14.4 Å². The van der Waals surface area contributed by atoms with Crippen LogP contribution in [0.15, 0.2) is 28.7 Å². The first kappa shape index (κ1) is 17.0. The van der Waals surface area contributed by atoms with Crippen molar-refractivity contribution in [2.75, 3.05) is 31.5 Å². The van der Waals surface area contributed by atoms with Gasteiger partial charge in [0.15, 0.2) is 0 Å². The third-order valence-corrected chi connectivity index (χ3v) is 5.24. The molecule has 0 spiro atoms. The van der Waals surface area contributed by atoms with E-state index in [0.29, 0.717) is 44.7 Å². The van der Waals surface area contributed by atoms with Gasteiger partial charge in [-0.05, 0) is 37.1 Å². The second kappa shape index (κ2) is 6.55. The zero-order chi connectivity index (χ0) is 17.3. The molecule has 1 heterocycles. The highest BCUT2D eigenvalue weighted by molar-refractivity contribution is 9.10. The molecule has 0 aromatic heterocycles. The van der Waals surface area contributed by atoms with Crippen LogP contribution in [0.25, 0.3) is 0 Å². The van der Waals surface area contributed by atoms with Crippen LogP contribution < -0.4 is 5.32 Å². The summed E-state index contributed by atoms with van der Waals surface area (Å²) >= 11 is 3.35.